The van der Waals surface area contributed by atoms with Crippen LogP contribution in [0, 0.1) is 13.8 Å². The molecule has 1 amide bonds. The van der Waals surface area contributed by atoms with Gasteiger partial charge < -0.3 is 5.32 Å². The summed E-state index contributed by atoms with van der Waals surface area (Å²) in [5, 5.41) is 2.93. The van der Waals surface area contributed by atoms with Crippen molar-refractivity contribution in [3.05, 3.63) is 95.1 Å². The minimum atomic E-state index is -3.72. The Morgan fingerprint density at radius 3 is 2.35 bits per heavy atom. The molecule has 0 heterocycles. The van der Waals surface area contributed by atoms with Crippen molar-refractivity contribution < 1.29 is 13.2 Å². The van der Waals surface area contributed by atoms with Gasteiger partial charge in [0.15, 0.2) is 0 Å². The molecule has 0 aliphatic heterocycles. The third-order valence-electron chi connectivity index (χ3n) is 4.93. The third-order valence-corrected chi connectivity index (χ3v) is 7.32. The van der Waals surface area contributed by atoms with Gasteiger partial charge in [0.1, 0.15) is 0 Å². The average molecular weight is 455 g/mol. The highest BCUT2D eigenvalue weighted by atomic mass is 32.2. The number of sulfonamides is 1. The number of anilines is 1. The molecule has 2 N–H and O–H groups in total. The van der Waals surface area contributed by atoms with Crippen molar-refractivity contribution in [1.82, 2.24) is 5.32 Å². The summed E-state index contributed by atoms with van der Waals surface area (Å²) in [4.78, 5) is 12.8. The first-order chi connectivity index (χ1) is 14.9. The summed E-state index contributed by atoms with van der Waals surface area (Å²) in [6.07, 6.45) is 0. The highest BCUT2D eigenvalue weighted by Crippen LogP contribution is 2.22. The molecule has 0 bridgehead atoms. The Kier molecular flexibility index (Phi) is 7.76. The number of hydrogen-bond donors (Lipinski definition) is 2. The van der Waals surface area contributed by atoms with Gasteiger partial charge in [-0.2, -0.15) is 11.8 Å². The summed E-state index contributed by atoms with van der Waals surface area (Å²) in [6.45, 7) is 4.37. The molecule has 0 fully saturated rings. The average Bonchev–Trinajstić information content (AvgIpc) is 2.76. The van der Waals surface area contributed by atoms with Gasteiger partial charge >= 0.3 is 0 Å². The topological polar surface area (TPSA) is 75.3 Å². The van der Waals surface area contributed by atoms with Gasteiger partial charge in [-0.3, -0.25) is 9.52 Å². The first-order valence-corrected chi connectivity index (χ1v) is 12.6. The summed E-state index contributed by atoms with van der Waals surface area (Å²) in [7, 11) is -3.72. The Hall–Kier alpha value is -2.77. The second kappa shape index (κ2) is 10.5. The molecule has 0 radical (unpaired) electrons. The molecule has 0 aliphatic rings. The molecule has 0 aromatic heterocycles. The van der Waals surface area contributed by atoms with E-state index >= 15 is 0 Å². The molecule has 162 valence electrons. The second-order valence-electron chi connectivity index (χ2n) is 7.13. The quantitative estimate of drug-likeness (QED) is 0.457. The predicted octanol–water partition coefficient (Wildman–Crippen LogP) is 4.77. The van der Waals surface area contributed by atoms with Crippen LogP contribution in [0.15, 0.2) is 77.7 Å². The molecule has 0 saturated carbocycles. The predicted molar refractivity (Wildman–Crippen MR) is 128 cm³/mol. The Morgan fingerprint density at radius 2 is 1.61 bits per heavy atom. The summed E-state index contributed by atoms with van der Waals surface area (Å²) in [5.74, 6) is 1.48. The zero-order valence-corrected chi connectivity index (χ0v) is 19.2. The van der Waals surface area contributed by atoms with E-state index in [2.05, 4.69) is 29.1 Å². The maximum absolute atomic E-state index is 12.6. The monoisotopic (exact) mass is 454 g/mol. The summed E-state index contributed by atoms with van der Waals surface area (Å²) >= 11 is 1.76. The van der Waals surface area contributed by atoms with Gasteiger partial charge in [0, 0.05) is 23.6 Å². The van der Waals surface area contributed by atoms with Crippen molar-refractivity contribution in [2.24, 2.45) is 0 Å². The Morgan fingerprint density at radius 1 is 0.903 bits per heavy atom. The number of nitrogens with one attached hydrogen (secondary N) is 2. The minimum absolute atomic E-state index is 0.176. The normalized spacial score (nSPS) is 11.2. The van der Waals surface area contributed by atoms with Crippen LogP contribution in [0.5, 0.6) is 0 Å². The highest BCUT2D eigenvalue weighted by Gasteiger charge is 2.17. The van der Waals surface area contributed by atoms with Crippen LogP contribution >= 0.6 is 11.8 Å². The first kappa shape index (κ1) is 22.9. The van der Waals surface area contributed by atoms with Gasteiger partial charge in [0.05, 0.1) is 10.6 Å². The number of amides is 1. The molecule has 0 saturated heterocycles. The molecule has 3 rings (SSSR count). The van der Waals surface area contributed by atoms with Crippen LogP contribution in [-0.4, -0.2) is 26.6 Å². The minimum Gasteiger partial charge on any atom is -0.351 e. The van der Waals surface area contributed by atoms with Gasteiger partial charge in [-0.1, -0.05) is 48.5 Å². The largest absolute Gasteiger partial charge is 0.351 e. The van der Waals surface area contributed by atoms with Crippen LogP contribution in [0.4, 0.5) is 5.69 Å². The highest BCUT2D eigenvalue weighted by molar-refractivity contribution is 7.98. The van der Waals surface area contributed by atoms with E-state index < -0.39 is 10.0 Å². The van der Waals surface area contributed by atoms with Crippen LogP contribution in [0.25, 0.3) is 0 Å². The standard InChI is InChI=1S/C24H26N2O3S2/c1-18-9-6-7-10-20(18)17-30-16-15-25-24(27)22-13-8-14-23(19(22)2)26-31(28,29)21-11-4-3-5-12-21/h3-14,26H,15-17H2,1-2H3,(H,25,27). The van der Waals surface area contributed by atoms with Crippen LogP contribution in [0.3, 0.4) is 0 Å². The van der Waals surface area contributed by atoms with E-state index in [4.69, 9.17) is 0 Å². The van der Waals surface area contributed by atoms with Crippen molar-refractivity contribution in [1.29, 1.82) is 0 Å². The van der Waals surface area contributed by atoms with E-state index in [1.165, 1.54) is 23.3 Å². The summed E-state index contributed by atoms with van der Waals surface area (Å²) < 4.78 is 27.8. The van der Waals surface area contributed by atoms with Crippen LogP contribution < -0.4 is 10.0 Å². The van der Waals surface area contributed by atoms with Crippen LogP contribution in [0.1, 0.15) is 27.0 Å². The number of aryl methyl sites for hydroxylation is 1. The fourth-order valence-electron chi connectivity index (χ4n) is 3.08. The number of carbonyl (C=O) groups is 1. The van der Waals surface area contributed by atoms with E-state index in [9.17, 15) is 13.2 Å². The molecule has 3 aromatic carbocycles. The fourth-order valence-corrected chi connectivity index (χ4v) is 5.16. The smallest absolute Gasteiger partial charge is 0.261 e. The van der Waals surface area contributed by atoms with Gasteiger partial charge in [-0.15, -0.1) is 0 Å². The molecule has 3 aromatic rings. The van der Waals surface area contributed by atoms with Crippen molar-refractivity contribution in [2.75, 3.05) is 17.0 Å². The third kappa shape index (κ3) is 6.12. The van der Waals surface area contributed by atoms with Crippen molar-refractivity contribution >= 4 is 33.4 Å². The van der Waals surface area contributed by atoms with E-state index in [1.807, 2.05) is 12.1 Å². The number of thioether (sulfide) groups is 1. The van der Waals surface area contributed by atoms with Crippen molar-refractivity contribution in [2.45, 2.75) is 24.5 Å². The first-order valence-electron chi connectivity index (χ1n) is 9.96. The van der Waals surface area contributed by atoms with Crippen molar-refractivity contribution in [3.8, 4) is 0 Å². The van der Waals surface area contributed by atoms with Crippen molar-refractivity contribution in [3.63, 3.8) is 0 Å². The maximum atomic E-state index is 12.6. The Balaban J connectivity index is 1.58. The lowest BCUT2D eigenvalue weighted by molar-refractivity contribution is 0.0955. The van der Waals surface area contributed by atoms with E-state index in [-0.39, 0.29) is 10.8 Å². The lowest BCUT2D eigenvalue weighted by Crippen LogP contribution is -2.27. The van der Waals surface area contributed by atoms with Gasteiger partial charge in [-0.25, -0.2) is 8.42 Å². The Labute approximate surface area is 188 Å². The molecule has 0 atom stereocenters. The van der Waals surface area contributed by atoms with E-state index in [1.54, 1.807) is 55.1 Å². The number of benzene rings is 3. The number of carbonyl (C=O) groups excluding carboxylic acids is 1. The second-order valence-corrected chi connectivity index (χ2v) is 9.92. The van der Waals surface area contributed by atoms with Gasteiger partial charge in [-0.05, 0) is 54.8 Å². The summed E-state index contributed by atoms with van der Waals surface area (Å²) in [6, 6.07) is 21.5. The zero-order valence-electron chi connectivity index (χ0n) is 17.6. The lowest BCUT2D eigenvalue weighted by atomic mass is 10.1. The molecule has 31 heavy (non-hydrogen) atoms. The number of hydrogen-bond acceptors (Lipinski definition) is 4. The van der Waals surface area contributed by atoms with Crippen LogP contribution in [0.2, 0.25) is 0 Å². The molecule has 0 aliphatic carbocycles. The summed E-state index contributed by atoms with van der Waals surface area (Å²) in [5.41, 5.74) is 4.01. The number of rotatable bonds is 9. The Bertz CT molecular complexity index is 1150. The molecule has 5 nitrogen and oxygen atoms in total. The van der Waals surface area contributed by atoms with Crippen LogP contribution in [-0.2, 0) is 15.8 Å². The zero-order chi connectivity index (χ0) is 22.3. The maximum Gasteiger partial charge on any atom is 0.261 e. The molecule has 0 spiro atoms. The fraction of sp³-hybridized carbons (Fsp3) is 0.208. The van der Waals surface area contributed by atoms with E-state index in [0.717, 1.165) is 11.5 Å². The van der Waals surface area contributed by atoms with E-state index in [0.29, 0.717) is 23.4 Å². The van der Waals surface area contributed by atoms with Gasteiger partial charge in [0.25, 0.3) is 15.9 Å². The molecular formula is C24H26N2O3S2. The molecule has 7 heteroatoms. The molecule has 0 unspecified atom stereocenters. The lowest BCUT2D eigenvalue weighted by Gasteiger charge is -2.14. The SMILES string of the molecule is Cc1ccccc1CSCCNC(=O)c1cccc(NS(=O)(=O)c2ccccc2)c1C. The van der Waals surface area contributed by atoms with Gasteiger partial charge in [0.2, 0.25) is 0 Å². The molecular weight excluding hydrogens is 428 g/mol.